The summed E-state index contributed by atoms with van der Waals surface area (Å²) < 4.78 is 12.9. The highest BCUT2D eigenvalue weighted by Gasteiger charge is 2.01. The molecule has 1 aromatic carbocycles. The molecule has 0 unspecified atom stereocenters. The smallest absolute Gasteiger partial charge is 0.123 e. The van der Waals surface area contributed by atoms with Crippen LogP contribution in [-0.4, -0.2) is 0 Å². The lowest BCUT2D eigenvalue weighted by molar-refractivity contribution is 0.628. The first kappa shape index (κ1) is 8.98. The number of thiophene rings is 1. The molecule has 0 aliphatic rings. The molecule has 0 nitrogen and oxygen atoms in total. The second kappa shape index (κ2) is 3.65. The predicted molar refractivity (Wildman–Crippen MR) is 57.6 cm³/mol. The van der Waals surface area contributed by atoms with E-state index in [-0.39, 0.29) is 5.82 Å². The van der Waals surface area contributed by atoms with Gasteiger partial charge in [0.1, 0.15) is 5.82 Å². The van der Waals surface area contributed by atoms with E-state index < -0.39 is 0 Å². The van der Waals surface area contributed by atoms with Crippen LogP contribution in [0, 0.1) is 18.2 Å². The quantitative estimate of drug-likeness (QED) is 0.620. The van der Waals surface area contributed by atoms with Crippen molar-refractivity contribution in [3.8, 4) is 22.8 Å². The highest BCUT2D eigenvalue weighted by molar-refractivity contribution is 7.16. The zero-order valence-corrected chi connectivity index (χ0v) is 8.14. The van der Waals surface area contributed by atoms with Crippen molar-refractivity contribution in [2.75, 3.05) is 0 Å². The van der Waals surface area contributed by atoms with Crippen LogP contribution >= 0.6 is 11.3 Å². The van der Waals surface area contributed by atoms with Gasteiger partial charge >= 0.3 is 0 Å². The van der Waals surface area contributed by atoms with Crippen LogP contribution in [0.4, 0.5) is 4.39 Å². The maximum absolute atomic E-state index is 12.9. The van der Waals surface area contributed by atoms with E-state index in [0.717, 1.165) is 15.3 Å². The highest BCUT2D eigenvalue weighted by Crippen LogP contribution is 2.27. The summed E-state index contributed by atoms with van der Waals surface area (Å²) in [6, 6.07) is 10.3. The van der Waals surface area contributed by atoms with E-state index in [9.17, 15) is 4.39 Å². The Morgan fingerprint density at radius 1 is 1.21 bits per heavy atom. The second-order valence-electron chi connectivity index (χ2n) is 2.82. The summed E-state index contributed by atoms with van der Waals surface area (Å²) >= 11 is 1.49. The minimum absolute atomic E-state index is 0.224. The van der Waals surface area contributed by atoms with E-state index in [4.69, 9.17) is 6.42 Å². The van der Waals surface area contributed by atoms with Crippen LogP contribution in [0.2, 0.25) is 0 Å². The number of terminal acetylenes is 1. The molecule has 0 amide bonds. The molecule has 68 valence electrons. The van der Waals surface area contributed by atoms with Crippen molar-refractivity contribution in [3.63, 3.8) is 0 Å². The third-order valence-electron chi connectivity index (χ3n) is 1.86. The van der Waals surface area contributed by atoms with Crippen LogP contribution in [0.25, 0.3) is 10.4 Å². The first-order chi connectivity index (χ1) is 6.79. The molecular weight excluding hydrogens is 195 g/mol. The molecule has 0 aliphatic carbocycles. The van der Waals surface area contributed by atoms with Crippen LogP contribution in [0.15, 0.2) is 36.4 Å². The van der Waals surface area contributed by atoms with Crippen molar-refractivity contribution in [2.45, 2.75) is 0 Å². The molecule has 0 atom stereocenters. The largest absolute Gasteiger partial charge is 0.207 e. The van der Waals surface area contributed by atoms with Crippen molar-refractivity contribution < 1.29 is 4.39 Å². The molecule has 0 saturated heterocycles. The fourth-order valence-corrected chi connectivity index (χ4v) is 2.03. The van der Waals surface area contributed by atoms with E-state index >= 15 is 0 Å². The van der Waals surface area contributed by atoms with Crippen LogP contribution in [-0.2, 0) is 0 Å². The third-order valence-corrected chi connectivity index (χ3v) is 2.92. The molecule has 2 heteroatoms. The molecule has 0 fully saturated rings. The first-order valence-corrected chi connectivity index (χ1v) is 4.93. The van der Waals surface area contributed by atoms with Gasteiger partial charge in [-0.2, -0.15) is 0 Å². The van der Waals surface area contributed by atoms with Gasteiger partial charge in [-0.15, -0.1) is 17.8 Å². The van der Waals surface area contributed by atoms with Gasteiger partial charge in [0.2, 0.25) is 0 Å². The summed E-state index contributed by atoms with van der Waals surface area (Å²) in [4.78, 5) is 1.86. The van der Waals surface area contributed by atoms with E-state index in [1.807, 2.05) is 18.2 Å². The van der Waals surface area contributed by atoms with Gasteiger partial charge in [0, 0.05) is 4.88 Å². The van der Waals surface area contributed by atoms with E-state index in [0.29, 0.717) is 0 Å². The minimum atomic E-state index is -0.224. The Morgan fingerprint density at radius 3 is 2.71 bits per heavy atom. The molecule has 14 heavy (non-hydrogen) atoms. The molecule has 0 saturated carbocycles. The average molecular weight is 202 g/mol. The normalized spacial score (nSPS) is 9.71. The van der Waals surface area contributed by atoms with Crippen molar-refractivity contribution in [1.82, 2.24) is 0 Å². The van der Waals surface area contributed by atoms with Crippen LogP contribution in [0.5, 0.6) is 0 Å². The SMILES string of the molecule is C#Cc1ccc(-c2cccc(F)c2)s1. The summed E-state index contributed by atoms with van der Waals surface area (Å²) in [7, 11) is 0. The third kappa shape index (κ3) is 1.68. The lowest BCUT2D eigenvalue weighted by Gasteiger charge is -1.95. The first-order valence-electron chi connectivity index (χ1n) is 4.12. The monoisotopic (exact) mass is 202 g/mol. The molecule has 0 spiro atoms. The summed E-state index contributed by atoms with van der Waals surface area (Å²) in [5.41, 5.74) is 0.872. The molecule has 0 aliphatic heterocycles. The van der Waals surface area contributed by atoms with Gasteiger partial charge in [0.05, 0.1) is 4.88 Å². The van der Waals surface area contributed by atoms with Crippen molar-refractivity contribution in [3.05, 3.63) is 47.1 Å². The van der Waals surface area contributed by atoms with E-state index in [2.05, 4.69) is 5.92 Å². The van der Waals surface area contributed by atoms with Gasteiger partial charge in [-0.3, -0.25) is 0 Å². The lowest BCUT2D eigenvalue weighted by Crippen LogP contribution is -1.74. The lowest BCUT2D eigenvalue weighted by atomic mass is 10.2. The summed E-state index contributed by atoms with van der Waals surface area (Å²) in [6.45, 7) is 0. The molecule has 2 aromatic rings. The molecule has 0 bridgehead atoms. The van der Waals surface area contributed by atoms with Gasteiger partial charge in [-0.1, -0.05) is 18.1 Å². The Kier molecular flexibility index (Phi) is 2.34. The van der Waals surface area contributed by atoms with E-state index in [1.54, 1.807) is 6.07 Å². The fraction of sp³-hybridized carbons (Fsp3) is 0. The summed E-state index contributed by atoms with van der Waals surface area (Å²) in [5.74, 6) is 2.33. The zero-order valence-electron chi connectivity index (χ0n) is 7.33. The summed E-state index contributed by atoms with van der Waals surface area (Å²) in [6.07, 6.45) is 5.26. The molecule has 0 N–H and O–H groups in total. The number of hydrogen-bond donors (Lipinski definition) is 0. The average Bonchev–Trinajstić information content (AvgIpc) is 2.66. The Balaban J connectivity index is 2.45. The fourth-order valence-electron chi connectivity index (χ4n) is 1.21. The standard InChI is InChI=1S/C12H7FS/c1-2-11-6-7-12(14-11)9-4-3-5-10(13)8-9/h1,3-8H. The Bertz CT molecular complexity index is 491. The Hall–Kier alpha value is -1.59. The zero-order chi connectivity index (χ0) is 9.97. The molecule has 2 rings (SSSR count). The van der Waals surface area contributed by atoms with Gasteiger partial charge in [0.15, 0.2) is 0 Å². The predicted octanol–water partition coefficient (Wildman–Crippen LogP) is 3.54. The maximum atomic E-state index is 12.9. The molecular formula is C12H7FS. The van der Waals surface area contributed by atoms with Crippen molar-refractivity contribution in [2.24, 2.45) is 0 Å². The van der Waals surface area contributed by atoms with E-state index in [1.165, 1.54) is 23.5 Å². The van der Waals surface area contributed by atoms with Crippen LogP contribution in [0.3, 0.4) is 0 Å². The van der Waals surface area contributed by atoms with Crippen molar-refractivity contribution in [1.29, 1.82) is 0 Å². The Labute approximate surface area is 86.0 Å². The van der Waals surface area contributed by atoms with Crippen LogP contribution in [0.1, 0.15) is 4.88 Å². The summed E-state index contributed by atoms with van der Waals surface area (Å²) in [5, 5.41) is 0. The van der Waals surface area contributed by atoms with Crippen molar-refractivity contribution >= 4 is 11.3 Å². The topological polar surface area (TPSA) is 0 Å². The number of benzene rings is 1. The minimum Gasteiger partial charge on any atom is -0.207 e. The van der Waals surface area contributed by atoms with Gasteiger partial charge < -0.3 is 0 Å². The number of hydrogen-bond acceptors (Lipinski definition) is 1. The number of rotatable bonds is 1. The molecule has 0 radical (unpaired) electrons. The van der Waals surface area contributed by atoms with Crippen LogP contribution < -0.4 is 0 Å². The molecule has 1 aromatic heterocycles. The van der Waals surface area contributed by atoms with Gasteiger partial charge in [0.25, 0.3) is 0 Å². The van der Waals surface area contributed by atoms with Gasteiger partial charge in [-0.25, -0.2) is 4.39 Å². The second-order valence-corrected chi connectivity index (χ2v) is 3.90. The highest BCUT2D eigenvalue weighted by atomic mass is 32.1. The molecule has 1 heterocycles. The maximum Gasteiger partial charge on any atom is 0.123 e. The number of halogens is 1. The van der Waals surface area contributed by atoms with Gasteiger partial charge in [-0.05, 0) is 29.8 Å². The Morgan fingerprint density at radius 2 is 2.07 bits per heavy atom.